The van der Waals surface area contributed by atoms with Gasteiger partial charge in [-0.05, 0) is 39.4 Å². The van der Waals surface area contributed by atoms with Crippen LogP contribution in [0.15, 0.2) is 5.38 Å². The highest BCUT2D eigenvalue weighted by atomic mass is 32.1. The molecule has 0 radical (unpaired) electrons. The van der Waals surface area contributed by atoms with Crippen LogP contribution in [0.2, 0.25) is 0 Å². The van der Waals surface area contributed by atoms with E-state index in [0.717, 1.165) is 26.2 Å². The largest absolute Gasteiger partial charge is 0.344 e. The van der Waals surface area contributed by atoms with Gasteiger partial charge in [0.25, 0.3) is 0 Å². The number of rotatable bonds is 6. The highest BCUT2D eigenvalue weighted by molar-refractivity contribution is 7.13. The van der Waals surface area contributed by atoms with Crippen molar-refractivity contribution in [2.45, 2.75) is 45.7 Å². The average Bonchev–Trinajstić information content (AvgIpc) is 2.82. The monoisotopic (exact) mass is 296 g/mol. The van der Waals surface area contributed by atoms with E-state index in [1.807, 2.05) is 0 Å². The third-order valence-corrected chi connectivity index (χ3v) is 4.82. The molecule has 114 valence electrons. The van der Waals surface area contributed by atoms with E-state index in [-0.39, 0.29) is 0 Å². The maximum absolute atomic E-state index is 4.83. The van der Waals surface area contributed by atoms with Gasteiger partial charge in [-0.3, -0.25) is 0 Å². The van der Waals surface area contributed by atoms with Crippen molar-refractivity contribution in [3.63, 3.8) is 0 Å². The molecular formula is C15H28N4S. The lowest BCUT2D eigenvalue weighted by Crippen LogP contribution is -2.39. The molecule has 5 heteroatoms. The SMILES string of the molecule is CCCNCc1csc(N2CCCN(C)CC2CC)n1. The minimum atomic E-state index is 0.602. The number of anilines is 1. The van der Waals surface area contributed by atoms with E-state index in [9.17, 15) is 0 Å². The fourth-order valence-corrected chi connectivity index (χ4v) is 3.67. The lowest BCUT2D eigenvalue weighted by atomic mass is 10.2. The second kappa shape index (κ2) is 7.96. The van der Waals surface area contributed by atoms with Crippen LogP contribution in [-0.2, 0) is 6.54 Å². The molecule has 0 aliphatic carbocycles. The van der Waals surface area contributed by atoms with Gasteiger partial charge in [0.1, 0.15) is 0 Å². The number of nitrogens with zero attached hydrogens (tertiary/aromatic N) is 3. The molecule has 1 fully saturated rings. The van der Waals surface area contributed by atoms with Crippen molar-refractivity contribution in [3.05, 3.63) is 11.1 Å². The van der Waals surface area contributed by atoms with Gasteiger partial charge in [0, 0.05) is 31.1 Å². The maximum atomic E-state index is 4.83. The van der Waals surface area contributed by atoms with Crippen LogP contribution in [0.1, 0.15) is 38.8 Å². The Hall–Kier alpha value is -0.650. The van der Waals surface area contributed by atoms with Gasteiger partial charge < -0.3 is 15.1 Å². The molecule has 0 saturated carbocycles. The molecule has 2 heterocycles. The third kappa shape index (κ3) is 4.17. The summed E-state index contributed by atoms with van der Waals surface area (Å²) in [4.78, 5) is 9.81. The topological polar surface area (TPSA) is 31.4 Å². The van der Waals surface area contributed by atoms with Crippen molar-refractivity contribution in [1.29, 1.82) is 0 Å². The number of aromatic nitrogens is 1. The minimum Gasteiger partial charge on any atom is -0.344 e. The molecule has 4 nitrogen and oxygen atoms in total. The first-order valence-electron chi connectivity index (χ1n) is 7.84. The van der Waals surface area contributed by atoms with E-state index >= 15 is 0 Å². The molecule has 1 aliphatic heterocycles. The minimum absolute atomic E-state index is 0.602. The van der Waals surface area contributed by atoms with E-state index in [1.54, 1.807) is 11.3 Å². The summed E-state index contributed by atoms with van der Waals surface area (Å²) in [5.41, 5.74) is 1.19. The first-order valence-corrected chi connectivity index (χ1v) is 8.72. The van der Waals surface area contributed by atoms with Gasteiger partial charge in [0.15, 0.2) is 5.13 Å². The molecule has 0 amide bonds. The molecule has 0 bridgehead atoms. The molecule has 1 aromatic heterocycles. The number of hydrogen-bond donors (Lipinski definition) is 1. The smallest absolute Gasteiger partial charge is 0.185 e. The summed E-state index contributed by atoms with van der Waals surface area (Å²) >= 11 is 1.80. The van der Waals surface area contributed by atoms with Crippen LogP contribution in [0.5, 0.6) is 0 Å². The Morgan fingerprint density at radius 2 is 2.25 bits per heavy atom. The predicted octanol–water partition coefficient (Wildman–Crippen LogP) is 2.56. The summed E-state index contributed by atoms with van der Waals surface area (Å²) in [6, 6.07) is 0.602. The summed E-state index contributed by atoms with van der Waals surface area (Å²) in [7, 11) is 2.23. The highest BCUT2D eigenvalue weighted by Crippen LogP contribution is 2.25. The Kier molecular flexibility index (Phi) is 6.26. The van der Waals surface area contributed by atoms with Crippen LogP contribution in [0, 0.1) is 0 Å². The first kappa shape index (κ1) is 15.7. The third-order valence-electron chi connectivity index (χ3n) is 3.89. The second-order valence-electron chi connectivity index (χ2n) is 5.67. The molecule has 20 heavy (non-hydrogen) atoms. The van der Waals surface area contributed by atoms with Gasteiger partial charge in [0.2, 0.25) is 0 Å². The summed E-state index contributed by atoms with van der Waals surface area (Å²) in [5.74, 6) is 0. The molecule has 1 atom stereocenters. The Labute approximate surface area is 127 Å². The zero-order valence-corrected chi connectivity index (χ0v) is 13.9. The molecule has 1 N–H and O–H groups in total. The van der Waals surface area contributed by atoms with Crippen molar-refractivity contribution in [3.8, 4) is 0 Å². The van der Waals surface area contributed by atoms with Gasteiger partial charge >= 0.3 is 0 Å². The molecule has 1 aliphatic rings. The van der Waals surface area contributed by atoms with E-state index in [0.29, 0.717) is 6.04 Å². The van der Waals surface area contributed by atoms with E-state index in [1.165, 1.54) is 36.6 Å². The highest BCUT2D eigenvalue weighted by Gasteiger charge is 2.24. The molecular weight excluding hydrogens is 268 g/mol. The predicted molar refractivity (Wildman–Crippen MR) is 87.7 cm³/mol. The average molecular weight is 296 g/mol. The standard InChI is InChI=1S/C15H28N4S/c1-4-7-16-10-13-12-20-15(17-13)19-9-6-8-18(3)11-14(19)5-2/h12,14,16H,4-11H2,1-3H3. The second-order valence-corrected chi connectivity index (χ2v) is 6.51. The van der Waals surface area contributed by atoms with Crippen LogP contribution >= 0.6 is 11.3 Å². The van der Waals surface area contributed by atoms with Crippen molar-refractivity contribution in [2.75, 3.05) is 38.1 Å². The van der Waals surface area contributed by atoms with Crippen LogP contribution < -0.4 is 10.2 Å². The number of nitrogens with one attached hydrogen (secondary N) is 1. The molecule has 2 rings (SSSR count). The van der Waals surface area contributed by atoms with Crippen LogP contribution in [0.3, 0.4) is 0 Å². The molecule has 0 spiro atoms. The maximum Gasteiger partial charge on any atom is 0.185 e. The van der Waals surface area contributed by atoms with E-state index < -0.39 is 0 Å². The van der Waals surface area contributed by atoms with Gasteiger partial charge in [-0.15, -0.1) is 11.3 Å². The summed E-state index contributed by atoms with van der Waals surface area (Å²) in [6.07, 6.45) is 3.59. The molecule has 0 aromatic carbocycles. The van der Waals surface area contributed by atoms with Gasteiger partial charge in [0.05, 0.1) is 5.69 Å². The van der Waals surface area contributed by atoms with Crippen LogP contribution in [0.4, 0.5) is 5.13 Å². The fourth-order valence-electron chi connectivity index (χ4n) is 2.75. The summed E-state index contributed by atoms with van der Waals surface area (Å²) < 4.78 is 0. The van der Waals surface area contributed by atoms with Crippen molar-refractivity contribution < 1.29 is 0 Å². The first-order chi connectivity index (χ1) is 9.74. The Morgan fingerprint density at radius 3 is 3.00 bits per heavy atom. The number of hydrogen-bond acceptors (Lipinski definition) is 5. The molecule has 1 saturated heterocycles. The van der Waals surface area contributed by atoms with Crippen molar-refractivity contribution >= 4 is 16.5 Å². The zero-order chi connectivity index (χ0) is 14.4. The normalized spacial score (nSPS) is 21.1. The molecule has 1 aromatic rings. The molecule has 1 unspecified atom stereocenters. The summed E-state index contributed by atoms with van der Waals surface area (Å²) in [6.45, 7) is 9.93. The number of likely N-dealkylation sites (N-methyl/N-ethyl adjacent to an activating group) is 1. The van der Waals surface area contributed by atoms with Gasteiger partial charge in [-0.1, -0.05) is 13.8 Å². The lowest BCUT2D eigenvalue weighted by molar-refractivity contribution is 0.328. The fraction of sp³-hybridized carbons (Fsp3) is 0.800. The van der Waals surface area contributed by atoms with Gasteiger partial charge in [-0.2, -0.15) is 0 Å². The Balaban J connectivity index is 2.01. The Bertz CT molecular complexity index is 393. The lowest BCUT2D eigenvalue weighted by Gasteiger charge is -2.29. The van der Waals surface area contributed by atoms with Crippen molar-refractivity contribution in [1.82, 2.24) is 15.2 Å². The zero-order valence-electron chi connectivity index (χ0n) is 13.1. The Morgan fingerprint density at radius 1 is 1.40 bits per heavy atom. The van der Waals surface area contributed by atoms with Crippen molar-refractivity contribution in [2.24, 2.45) is 0 Å². The van der Waals surface area contributed by atoms with Crippen LogP contribution in [-0.4, -0.2) is 49.2 Å². The van der Waals surface area contributed by atoms with E-state index in [2.05, 4.69) is 41.4 Å². The summed E-state index contributed by atoms with van der Waals surface area (Å²) in [5, 5.41) is 6.85. The van der Waals surface area contributed by atoms with Gasteiger partial charge in [-0.25, -0.2) is 4.98 Å². The van der Waals surface area contributed by atoms with E-state index in [4.69, 9.17) is 4.98 Å². The quantitative estimate of drug-likeness (QED) is 0.818. The van der Waals surface area contributed by atoms with Crippen LogP contribution in [0.25, 0.3) is 0 Å². The number of thiazole rings is 1.